The molecule has 148 valence electrons. The first-order chi connectivity index (χ1) is 13.6. The Morgan fingerprint density at radius 1 is 1.07 bits per heavy atom. The summed E-state index contributed by atoms with van der Waals surface area (Å²) in [5, 5.41) is 0.560. The lowest BCUT2D eigenvalue weighted by atomic mass is 10.1. The van der Waals surface area contributed by atoms with Gasteiger partial charge in [-0.1, -0.05) is 11.3 Å². The number of ether oxygens (including phenoxy) is 4. The zero-order chi connectivity index (χ0) is 20.1. The fraction of sp³-hybridized carbons (Fsp3) is 0.263. The molecule has 0 spiro atoms. The van der Waals surface area contributed by atoms with Gasteiger partial charge in [0.25, 0.3) is 5.91 Å². The second kappa shape index (κ2) is 8.66. The van der Waals surface area contributed by atoms with Gasteiger partial charge in [0.2, 0.25) is 10.9 Å². The molecule has 1 amide bonds. The summed E-state index contributed by atoms with van der Waals surface area (Å²) in [6.07, 6.45) is 0. The van der Waals surface area contributed by atoms with Gasteiger partial charge in [-0.15, -0.1) is 0 Å². The highest BCUT2D eigenvalue weighted by atomic mass is 32.1. The molecule has 3 rings (SSSR count). The number of amides is 1. The van der Waals surface area contributed by atoms with Crippen LogP contribution in [0.25, 0.3) is 10.2 Å². The molecule has 0 fully saturated rings. The molecule has 0 atom stereocenters. The Hall–Kier alpha value is -3.20. The maximum Gasteiger partial charge on any atom is 0.269 e. The zero-order valence-corrected chi connectivity index (χ0v) is 16.8. The van der Waals surface area contributed by atoms with Gasteiger partial charge in [-0.2, -0.15) is 0 Å². The van der Waals surface area contributed by atoms with Gasteiger partial charge in [-0.3, -0.25) is 15.6 Å². The standard InChI is InChI=1S/C19H21N3O5S/c1-5-27-12-6-7-13-16(10-12)28-19(20-13)22-21-18(23)11-8-14(24-2)17(26-4)15(9-11)25-3/h6-10H,5H2,1-4H3,(H,20,22)(H,21,23). The first-order valence-corrected chi connectivity index (χ1v) is 9.31. The largest absolute Gasteiger partial charge is 0.494 e. The van der Waals surface area contributed by atoms with Crippen molar-refractivity contribution in [1.82, 2.24) is 10.4 Å². The number of anilines is 1. The van der Waals surface area contributed by atoms with E-state index in [2.05, 4.69) is 15.8 Å². The summed E-state index contributed by atoms with van der Waals surface area (Å²) >= 11 is 1.41. The molecule has 0 radical (unpaired) electrons. The lowest BCUT2D eigenvalue weighted by Gasteiger charge is -2.14. The molecule has 8 nitrogen and oxygen atoms in total. The summed E-state index contributed by atoms with van der Waals surface area (Å²) in [5.41, 5.74) is 6.64. The van der Waals surface area contributed by atoms with Crippen LogP contribution < -0.4 is 29.8 Å². The topological polar surface area (TPSA) is 90.9 Å². The number of thiazole rings is 1. The molecular formula is C19H21N3O5S. The van der Waals surface area contributed by atoms with E-state index in [4.69, 9.17) is 18.9 Å². The van der Waals surface area contributed by atoms with Crippen molar-refractivity contribution in [3.8, 4) is 23.0 Å². The van der Waals surface area contributed by atoms with Crippen LogP contribution in [0.1, 0.15) is 17.3 Å². The van der Waals surface area contributed by atoms with E-state index in [1.54, 1.807) is 12.1 Å². The van der Waals surface area contributed by atoms with E-state index >= 15 is 0 Å². The number of hydrogen-bond acceptors (Lipinski definition) is 8. The maximum atomic E-state index is 12.5. The fourth-order valence-corrected chi connectivity index (χ4v) is 3.46. The monoisotopic (exact) mass is 403 g/mol. The molecule has 2 aromatic carbocycles. The molecule has 0 saturated carbocycles. The lowest BCUT2D eigenvalue weighted by molar-refractivity contribution is 0.0962. The van der Waals surface area contributed by atoms with Crippen molar-refractivity contribution in [2.24, 2.45) is 0 Å². The summed E-state index contributed by atoms with van der Waals surface area (Å²) in [5.74, 6) is 1.64. The number of nitrogens with one attached hydrogen (secondary N) is 2. The molecule has 0 unspecified atom stereocenters. The average molecular weight is 403 g/mol. The fourth-order valence-electron chi connectivity index (χ4n) is 2.61. The molecular weight excluding hydrogens is 382 g/mol. The van der Waals surface area contributed by atoms with E-state index in [0.717, 1.165) is 16.0 Å². The Bertz CT molecular complexity index is 964. The van der Waals surface area contributed by atoms with Gasteiger partial charge in [0.15, 0.2) is 11.5 Å². The molecule has 0 aliphatic carbocycles. The van der Waals surface area contributed by atoms with Crippen LogP contribution in [0, 0.1) is 0 Å². The minimum atomic E-state index is -0.367. The highest BCUT2D eigenvalue weighted by Gasteiger charge is 2.17. The third-order valence-electron chi connectivity index (χ3n) is 3.88. The summed E-state index contributed by atoms with van der Waals surface area (Å²) in [4.78, 5) is 17.0. The van der Waals surface area contributed by atoms with Crippen LogP contribution in [0.5, 0.6) is 23.0 Å². The molecule has 0 aliphatic heterocycles. The van der Waals surface area contributed by atoms with Gasteiger partial charge in [-0.25, -0.2) is 4.98 Å². The number of fused-ring (bicyclic) bond motifs is 1. The number of benzene rings is 2. The molecule has 0 bridgehead atoms. The SMILES string of the molecule is CCOc1ccc2nc(NNC(=O)c3cc(OC)c(OC)c(OC)c3)sc2c1. The van der Waals surface area contributed by atoms with Crippen molar-refractivity contribution < 1.29 is 23.7 Å². The summed E-state index contributed by atoms with van der Waals surface area (Å²) in [6, 6.07) is 8.81. The van der Waals surface area contributed by atoms with E-state index in [1.165, 1.54) is 32.7 Å². The molecule has 2 N–H and O–H groups in total. The summed E-state index contributed by atoms with van der Waals surface area (Å²) in [6.45, 7) is 2.53. The number of carbonyl (C=O) groups excluding carboxylic acids is 1. The minimum Gasteiger partial charge on any atom is -0.494 e. The van der Waals surface area contributed by atoms with Crippen LogP contribution in [0.3, 0.4) is 0 Å². The van der Waals surface area contributed by atoms with Gasteiger partial charge < -0.3 is 18.9 Å². The number of methoxy groups -OCH3 is 3. The molecule has 0 saturated heterocycles. The predicted octanol–water partition coefficient (Wildman–Crippen LogP) is 3.48. The van der Waals surface area contributed by atoms with Crippen LogP contribution >= 0.6 is 11.3 Å². The normalized spacial score (nSPS) is 10.4. The van der Waals surface area contributed by atoms with Crippen LogP contribution in [-0.4, -0.2) is 38.8 Å². The Morgan fingerprint density at radius 3 is 2.39 bits per heavy atom. The van der Waals surface area contributed by atoms with E-state index < -0.39 is 0 Å². The van der Waals surface area contributed by atoms with Crippen molar-refractivity contribution in [3.05, 3.63) is 35.9 Å². The maximum absolute atomic E-state index is 12.5. The van der Waals surface area contributed by atoms with Gasteiger partial charge in [0, 0.05) is 5.56 Å². The van der Waals surface area contributed by atoms with Gasteiger partial charge in [0.05, 0.1) is 38.2 Å². The first-order valence-electron chi connectivity index (χ1n) is 8.49. The lowest BCUT2D eigenvalue weighted by Crippen LogP contribution is -2.29. The number of carbonyl (C=O) groups is 1. The molecule has 0 aliphatic rings. The summed E-state index contributed by atoms with van der Waals surface area (Å²) < 4.78 is 22.3. The third-order valence-corrected chi connectivity index (χ3v) is 4.81. The quantitative estimate of drug-likeness (QED) is 0.557. The third kappa shape index (κ3) is 4.04. The Balaban J connectivity index is 1.75. The van der Waals surface area contributed by atoms with Gasteiger partial charge >= 0.3 is 0 Å². The Morgan fingerprint density at radius 2 is 1.79 bits per heavy atom. The molecule has 3 aromatic rings. The number of hydrogen-bond donors (Lipinski definition) is 2. The Labute approximate surface area is 166 Å². The number of hydrazine groups is 1. The molecule has 1 heterocycles. The molecule has 9 heteroatoms. The molecule has 1 aromatic heterocycles. The smallest absolute Gasteiger partial charge is 0.269 e. The Kier molecular flexibility index (Phi) is 6.05. The van der Waals surface area contributed by atoms with Crippen molar-refractivity contribution in [2.75, 3.05) is 33.4 Å². The van der Waals surface area contributed by atoms with Crippen molar-refractivity contribution in [3.63, 3.8) is 0 Å². The first kappa shape index (κ1) is 19.6. The molecule has 28 heavy (non-hydrogen) atoms. The van der Waals surface area contributed by atoms with Crippen LogP contribution in [0.2, 0.25) is 0 Å². The number of nitrogens with zero attached hydrogens (tertiary/aromatic N) is 1. The highest BCUT2D eigenvalue weighted by molar-refractivity contribution is 7.22. The van der Waals surface area contributed by atoms with Crippen molar-refractivity contribution >= 4 is 32.6 Å². The van der Waals surface area contributed by atoms with Crippen LogP contribution in [-0.2, 0) is 0 Å². The second-order valence-electron chi connectivity index (χ2n) is 5.57. The number of aromatic nitrogens is 1. The van der Waals surface area contributed by atoms with Crippen LogP contribution in [0.4, 0.5) is 5.13 Å². The van der Waals surface area contributed by atoms with Crippen molar-refractivity contribution in [2.45, 2.75) is 6.92 Å². The average Bonchev–Trinajstić information content (AvgIpc) is 3.13. The number of rotatable bonds is 8. The van der Waals surface area contributed by atoms with Crippen molar-refractivity contribution in [1.29, 1.82) is 0 Å². The van der Waals surface area contributed by atoms with Crippen LogP contribution in [0.15, 0.2) is 30.3 Å². The van der Waals surface area contributed by atoms with E-state index in [0.29, 0.717) is 34.6 Å². The second-order valence-corrected chi connectivity index (χ2v) is 6.61. The minimum absolute atomic E-state index is 0.349. The van der Waals surface area contributed by atoms with E-state index in [9.17, 15) is 4.79 Å². The van der Waals surface area contributed by atoms with E-state index in [-0.39, 0.29) is 5.91 Å². The van der Waals surface area contributed by atoms with Gasteiger partial charge in [-0.05, 0) is 37.3 Å². The summed E-state index contributed by atoms with van der Waals surface area (Å²) in [7, 11) is 4.50. The van der Waals surface area contributed by atoms with E-state index in [1.807, 2.05) is 25.1 Å². The van der Waals surface area contributed by atoms with Gasteiger partial charge in [0.1, 0.15) is 5.75 Å². The predicted molar refractivity (Wildman–Crippen MR) is 108 cm³/mol. The zero-order valence-electron chi connectivity index (χ0n) is 16.0. The highest BCUT2D eigenvalue weighted by Crippen LogP contribution is 2.38.